The second-order valence-electron chi connectivity index (χ2n) is 5.49. The van der Waals surface area contributed by atoms with Crippen LogP contribution in [0, 0.1) is 21.4 Å². The average Bonchev–Trinajstić information content (AvgIpc) is 2.72. The van der Waals surface area contributed by atoms with E-state index < -0.39 is 23.4 Å². The molecular weight excluding hydrogens is 402 g/mol. The average molecular weight is 416 g/mol. The fourth-order valence-corrected chi connectivity index (χ4v) is 2.34. The lowest BCUT2D eigenvalue weighted by Crippen LogP contribution is -2.21. The highest BCUT2D eigenvalue weighted by molar-refractivity contribution is 6.34. The normalized spacial score (nSPS) is 10.6. The first kappa shape index (κ1) is 21.4. The van der Waals surface area contributed by atoms with Crippen LogP contribution in [0.4, 0.5) is 11.4 Å². The minimum Gasteiger partial charge on any atom is -0.497 e. The molecule has 0 atom stereocenters. The molecule has 0 aromatic heterocycles. The van der Waals surface area contributed by atoms with Gasteiger partial charge in [0.05, 0.1) is 22.7 Å². The van der Waals surface area contributed by atoms with Crippen molar-refractivity contribution in [1.82, 2.24) is 0 Å². The van der Waals surface area contributed by atoms with E-state index in [1.807, 2.05) is 0 Å². The van der Waals surface area contributed by atoms with Gasteiger partial charge in [-0.05, 0) is 29.8 Å². The molecule has 1 amide bonds. The number of hydrogen-bond donors (Lipinski definition) is 1. The van der Waals surface area contributed by atoms with E-state index >= 15 is 0 Å². The van der Waals surface area contributed by atoms with Crippen molar-refractivity contribution in [2.75, 3.05) is 19.0 Å². The predicted octanol–water partition coefficient (Wildman–Crippen LogP) is 3.35. The summed E-state index contributed by atoms with van der Waals surface area (Å²) in [6.07, 6.45) is 1.31. The summed E-state index contributed by atoms with van der Waals surface area (Å²) in [6.45, 7) is -0.673. The smallest absolute Gasteiger partial charge is 0.349 e. The molecule has 0 radical (unpaired) electrons. The Bertz CT molecular complexity index is 1010. The number of carbonyl (C=O) groups is 2. The SMILES string of the molecule is COc1ccc(/C=C(\C#N)C(=O)OCC(=O)Nc2ccc([N+](=O)[O-])cc2Cl)cc1. The van der Waals surface area contributed by atoms with E-state index in [0.29, 0.717) is 11.3 Å². The number of halogens is 1. The number of nitro benzene ring substituents is 1. The highest BCUT2D eigenvalue weighted by Crippen LogP contribution is 2.26. The third-order valence-electron chi connectivity index (χ3n) is 3.54. The standard InChI is InChI=1S/C19H14ClN3O6/c1-28-15-5-2-12(3-6-15)8-13(10-21)19(25)29-11-18(24)22-17-7-4-14(23(26)27)9-16(17)20/h2-9H,11H2,1H3,(H,22,24)/b13-8+. The molecule has 9 nitrogen and oxygen atoms in total. The van der Waals surface area contributed by atoms with E-state index in [2.05, 4.69) is 5.32 Å². The Hall–Kier alpha value is -3.90. The van der Waals surface area contributed by atoms with Gasteiger partial charge in [0.1, 0.15) is 17.4 Å². The van der Waals surface area contributed by atoms with Crippen molar-refractivity contribution >= 4 is 40.9 Å². The van der Waals surface area contributed by atoms with E-state index in [1.165, 1.54) is 25.3 Å². The number of rotatable bonds is 7. The Kier molecular flexibility index (Phi) is 7.28. The number of esters is 1. The zero-order valence-corrected chi connectivity index (χ0v) is 15.8. The summed E-state index contributed by atoms with van der Waals surface area (Å²) < 4.78 is 9.85. The first-order chi connectivity index (χ1) is 13.8. The van der Waals surface area contributed by atoms with Gasteiger partial charge in [-0.1, -0.05) is 23.7 Å². The minimum absolute atomic E-state index is 0.0454. The second-order valence-corrected chi connectivity index (χ2v) is 5.90. The maximum absolute atomic E-state index is 12.0. The summed E-state index contributed by atoms with van der Waals surface area (Å²) in [6, 6.07) is 11.8. The van der Waals surface area contributed by atoms with Crippen molar-refractivity contribution in [3.8, 4) is 11.8 Å². The van der Waals surface area contributed by atoms with Gasteiger partial charge in [-0.3, -0.25) is 14.9 Å². The molecule has 2 aromatic carbocycles. The largest absolute Gasteiger partial charge is 0.497 e. The molecule has 0 aliphatic rings. The molecule has 0 bridgehead atoms. The second kappa shape index (κ2) is 9.87. The van der Waals surface area contributed by atoms with Crippen molar-refractivity contribution in [1.29, 1.82) is 5.26 Å². The van der Waals surface area contributed by atoms with E-state index in [0.717, 1.165) is 6.07 Å². The van der Waals surface area contributed by atoms with Gasteiger partial charge in [0.25, 0.3) is 11.6 Å². The van der Waals surface area contributed by atoms with E-state index in [4.69, 9.17) is 26.3 Å². The zero-order valence-electron chi connectivity index (χ0n) is 15.0. The molecule has 2 rings (SSSR count). The van der Waals surface area contributed by atoms with Crippen molar-refractivity contribution in [2.45, 2.75) is 0 Å². The number of nitrogens with one attached hydrogen (secondary N) is 1. The number of amides is 1. The van der Waals surface area contributed by atoms with Crippen molar-refractivity contribution < 1.29 is 24.0 Å². The highest BCUT2D eigenvalue weighted by atomic mass is 35.5. The molecule has 2 aromatic rings. The molecule has 148 valence electrons. The third-order valence-corrected chi connectivity index (χ3v) is 3.85. The van der Waals surface area contributed by atoms with Crippen LogP contribution in [0.1, 0.15) is 5.56 Å². The molecule has 1 N–H and O–H groups in total. The molecular formula is C19H14ClN3O6. The number of nitro groups is 1. The van der Waals surface area contributed by atoms with Crippen LogP contribution in [0.25, 0.3) is 6.08 Å². The lowest BCUT2D eigenvalue weighted by molar-refractivity contribution is -0.384. The molecule has 0 spiro atoms. The van der Waals surface area contributed by atoms with Gasteiger partial charge in [-0.2, -0.15) is 5.26 Å². The zero-order chi connectivity index (χ0) is 21.4. The monoisotopic (exact) mass is 415 g/mol. The van der Waals surface area contributed by atoms with E-state index in [1.54, 1.807) is 30.3 Å². The van der Waals surface area contributed by atoms with Crippen LogP contribution in [-0.4, -0.2) is 30.5 Å². The van der Waals surface area contributed by atoms with Gasteiger partial charge >= 0.3 is 5.97 Å². The summed E-state index contributed by atoms with van der Waals surface area (Å²) in [5.41, 5.74) is 0.159. The van der Waals surface area contributed by atoms with Gasteiger partial charge in [0.15, 0.2) is 6.61 Å². The molecule has 0 heterocycles. The minimum atomic E-state index is -0.978. The number of nitriles is 1. The van der Waals surface area contributed by atoms with Gasteiger partial charge in [0, 0.05) is 12.1 Å². The highest BCUT2D eigenvalue weighted by Gasteiger charge is 2.15. The number of benzene rings is 2. The molecule has 0 unspecified atom stereocenters. The van der Waals surface area contributed by atoms with Crippen LogP contribution in [-0.2, 0) is 14.3 Å². The number of carbonyl (C=O) groups excluding carboxylic acids is 2. The first-order valence-electron chi connectivity index (χ1n) is 8.01. The number of non-ortho nitro benzene ring substituents is 1. The molecule has 0 saturated carbocycles. The van der Waals surface area contributed by atoms with Gasteiger partial charge in [-0.15, -0.1) is 0 Å². The van der Waals surface area contributed by atoms with Crippen LogP contribution < -0.4 is 10.1 Å². The molecule has 29 heavy (non-hydrogen) atoms. The quantitative estimate of drug-likeness (QED) is 0.241. The Balaban J connectivity index is 1.97. The number of hydrogen-bond acceptors (Lipinski definition) is 7. The number of anilines is 1. The fourth-order valence-electron chi connectivity index (χ4n) is 2.12. The number of nitrogens with zero attached hydrogens (tertiary/aromatic N) is 2. The molecule has 10 heteroatoms. The third kappa shape index (κ3) is 6.05. The van der Waals surface area contributed by atoms with E-state index in [-0.39, 0.29) is 22.0 Å². The summed E-state index contributed by atoms with van der Waals surface area (Å²) in [4.78, 5) is 34.0. The van der Waals surface area contributed by atoms with Crippen molar-refractivity contribution in [3.63, 3.8) is 0 Å². The van der Waals surface area contributed by atoms with Gasteiger partial charge < -0.3 is 14.8 Å². The molecule has 0 aliphatic carbocycles. The Morgan fingerprint density at radius 3 is 2.52 bits per heavy atom. The Labute approximate surface area is 170 Å². The van der Waals surface area contributed by atoms with Crippen LogP contribution >= 0.6 is 11.6 Å². The summed E-state index contributed by atoms with van der Waals surface area (Å²) in [5, 5.41) is 22.2. The van der Waals surface area contributed by atoms with Crippen LogP contribution in [0.5, 0.6) is 5.75 Å². The lowest BCUT2D eigenvalue weighted by atomic mass is 10.1. The summed E-state index contributed by atoms with van der Waals surface area (Å²) in [7, 11) is 1.51. The molecule has 0 fully saturated rings. The van der Waals surface area contributed by atoms with Gasteiger partial charge in [0.2, 0.25) is 0 Å². The summed E-state index contributed by atoms with van der Waals surface area (Å²) >= 11 is 5.88. The fraction of sp³-hybridized carbons (Fsp3) is 0.105. The van der Waals surface area contributed by atoms with Crippen LogP contribution in [0.3, 0.4) is 0 Å². The molecule has 0 saturated heterocycles. The van der Waals surface area contributed by atoms with Crippen molar-refractivity contribution in [2.24, 2.45) is 0 Å². The maximum Gasteiger partial charge on any atom is 0.349 e. The topological polar surface area (TPSA) is 132 Å². The maximum atomic E-state index is 12.0. The number of ether oxygens (including phenoxy) is 2. The number of methoxy groups -OCH3 is 1. The van der Waals surface area contributed by atoms with E-state index in [9.17, 15) is 19.7 Å². The van der Waals surface area contributed by atoms with Crippen molar-refractivity contribution in [3.05, 3.63) is 68.7 Å². The predicted molar refractivity (Wildman–Crippen MR) is 104 cm³/mol. The van der Waals surface area contributed by atoms with Crippen LogP contribution in [0.15, 0.2) is 48.0 Å². The van der Waals surface area contributed by atoms with Gasteiger partial charge in [-0.25, -0.2) is 4.79 Å². The Morgan fingerprint density at radius 2 is 1.97 bits per heavy atom. The Morgan fingerprint density at radius 1 is 1.28 bits per heavy atom. The summed E-state index contributed by atoms with van der Waals surface area (Å²) in [5.74, 6) is -1.09. The van der Waals surface area contributed by atoms with Crippen LogP contribution in [0.2, 0.25) is 5.02 Å². The first-order valence-corrected chi connectivity index (χ1v) is 8.38. The molecule has 0 aliphatic heterocycles. The lowest BCUT2D eigenvalue weighted by Gasteiger charge is -2.08.